The summed E-state index contributed by atoms with van der Waals surface area (Å²) in [5.41, 5.74) is 0.975. The van der Waals surface area contributed by atoms with Gasteiger partial charge in [0.05, 0.1) is 24.7 Å². The number of alkyl halides is 1. The third-order valence-corrected chi connectivity index (χ3v) is 3.45. The lowest BCUT2D eigenvalue weighted by Crippen LogP contribution is -2.27. The zero-order valence-corrected chi connectivity index (χ0v) is 11.5. The van der Waals surface area contributed by atoms with Gasteiger partial charge in [0, 0.05) is 18.5 Å². The highest BCUT2D eigenvalue weighted by molar-refractivity contribution is 7.09. The van der Waals surface area contributed by atoms with Crippen LogP contribution in [0.5, 0.6) is 0 Å². The average Bonchev–Trinajstić information content (AvgIpc) is 2.75. The molecule has 0 saturated heterocycles. The van der Waals surface area contributed by atoms with Crippen molar-refractivity contribution in [2.45, 2.75) is 26.3 Å². The molecule has 0 saturated carbocycles. The van der Waals surface area contributed by atoms with Crippen molar-refractivity contribution < 1.29 is 4.74 Å². The number of aromatic nitrogens is 1. The maximum atomic E-state index is 5.72. The molecule has 5 heteroatoms. The Morgan fingerprint density at radius 3 is 2.88 bits per heavy atom. The van der Waals surface area contributed by atoms with E-state index in [1.54, 1.807) is 11.3 Å². The van der Waals surface area contributed by atoms with Crippen LogP contribution in [0.3, 0.4) is 0 Å². The molecular weight excluding hydrogens is 244 g/mol. The van der Waals surface area contributed by atoms with Crippen LogP contribution >= 0.6 is 22.9 Å². The Bertz CT molecular complexity index is 293. The molecule has 0 N–H and O–H groups in total. The maximum Gasteiger partial charge on any atom is 0.107 e. The zero-order chi connectivity index (χ0) is 11.8. The SMILES string of the molecule is CCOCCN(CC)Cc1nc(CCl)cs1. The van der Waals surface area contributed by atoms with E-state index in [9.17, 15) is 0 Å². The highest BCUT2D eigenvalue weighted by atomic mass is 35.5. The van der Waals surface area contributed by atoms with E-state index in [1.807, 2.05) is 12.3 Å². The molecule has 0 aromatic carbocycles. The van der Waals surface area contributed by atoms with Gasteiger partial charge in [0.15, 0.2) is 0 Å². The summed E-state index contributed by atoms with van der Waals surface area (Å²) in [7, 11) is 0. The molecule has 3 nitrogen and oxygen atoms in total. The lowest BCUT2D eigenvalue weighted by atomic mass is 10.4. The van der Waals surface area contributed by atoms with Crippen LogP contribution in [0.25, 0.3) is 0 Å². The number of likely N-dealkylation sites (N-methyl/N-ethyl adjacent to an activating group) is 1. The van der Waals surface area contributed by atoms with E-state index in [0.29, 0.717) is 5.88 Å². The Labute approximate surface area is 106 Å². The van der Waals surface area contributed by atoms with Gasteiger partial charge in [-0.2, -0.15) is 0 Å². The molecule has 92 valence electrons. The van der Waals surface area contributed by atoms with E-state index in [-0.39, 0.29) is 0 Å². The van der Waals surface area contributed by atoms with Gasteiger partial charge in [-0.3, -0.25) is 4.90 Å². The van der Waals surface area contributed by atoms with Gasteiger partial charge in [-0.1, -0.05) is 6.92 Å². The van der Waals surface area contributed by atoms with Gasteiger partial charge >= 0.3 is 0 Å². The predicted octanol–water partition coefficient (Wildman–Crippen LogP) is 2.74. The normalized spacial score (nSPS) is 11.2. The van der Waals surface area contributed by atoms with E-state index in [4.69, 9.17) is 16.3 Å². The van der Waals surface area contributed by atoms with Gasteiger partial charge in [0.1, 0.15) is 5.01 Å². The Balaban J connectivity index is 2.36. The summed E-state index contributed by atoms with van der Waals surface area (Å²) in [4.78, 5) is 6.77. The van der Waals surface area contributed by atoms with Crippen LogP contribution in [0.2, 0.25) is 0 Å². The molecule has 1 aromatic heterocycles. The van der Waals surface area contributed by atoms with Crippen LogP contribution in [0.15, 0.2) is 5.38 Å². The van der Waals surface area contributed by atoms with Crippen LogP contribution in [-0.2, 0) is 17.2 Å². The number of hydrogen-bond acceptors (Lipinski definition) is 4. The summed E-state index contributed by atoms with van der Waals surface area (Å²) < 4.78 is 5.35. The van der Waals surface area contributed by atoms with Crippen molar-refractivity contribution in [1.82, 2.24) is 9.88 Å². The molecule has 1 heterocycles. The molecule has 0 spiro atoms. The van der Waals surface area contributed by atoms with Crippen molar-refractivity contribution >= 4 is 22.9 Å². The second kappa shape index (κ2) is 8.01. The van der Waals surface area contributed by atoms with Crippen molar-refractivity contribution in [3.05, 3.63) is 16.1 Å². The zero-order valence-electron chi connectivity index (χ0n) is 9.91. The highest BCUT2D eigenvalue weighted by Gasteiger charge is 2.07. The van der Waals surface area contributed by atoms with E-state index in [0.717, 1.165) is 43.5 Å². The lowest BCUT2D eigenvalue weighted by molar-refractivity contribution is 0.113. The molecule has 0 unspecified atom stereocenters. The highest BCUT2D eigenvalue weighted by Crippen LogP contribution is 2.13. The van der Waals surface area contributed by atoms with Crippen LogP contribution in [0, 0.1) is 0 Å². The van der Waals surface area contributed by atoms with Crippen LogP contribution in [-0.4, -0.2) is 36.2 Å². The fraction of sp³-hybridized carbons (Fsp3) is 0.727. The number of ether oxygens (including phenoxy) is 1. The summed E-state index contributed by atoms with van der Waals surface area (Å²) in [6, 6.07) is 0. The third kappa shape index (κ3) is 4.78. The molecule has 1 rings (SSSR count). The van der Waals surface area contributed by atoms with Gasteiger partial charge < -0.3 is 4.74 Å². The fourth-order valence-electron chi connectivity index (χ4n) is 1.36. The summed E-state index contributed by atoms with van der Waals surface area (Å²) in [6.07, 6.45) is 0. The van der Waals surface area contributed by atoms with Crippen LogP contribution in [0.1, 0.15) is 24.5 Å². The Hall–Kier alpha value is -0.160. The molecule has 0 bridgehead atoms. The summed E-state index contributed by atoms with van der Waals surface area (Å²) in [5.74, 6) is 0.502. The minimum absolute atomic E-state index is 0.502. The Kier molecular flexibility index (Phi) is 6.96. The van der Waals surface area contributed by atoms with Crippen LogP contribution < -0.4 is 0 Å². The predicted molar refractivity (Wildman–Crippen MR) is 69.1 cm³/mol. The lowest BCUT2D eigenvalue weighted by Gasteiger charge is -2.18. The Morgan fingerprint density at radius 2 is 2.31 bits per heavy atom. The average molecular weight is 263 g/mol. The van der Waals surface area contributed by atoms with Crippen LogP contribution in [0.4, 0.5) is 0 Å². The topological polar surface area (TPSA) is 25.4 Å². The summed E-state index contributed by atoms with van der Waals surface area (Å²) in [6.45, 7) is 8.61. The summed E-state index contributed by atoms with van der Waals surface area (Å²) in [5, 5.41) is 3.16. The van der Waals surface area contributed by atoms with Crippen molar-refractivity contribution in [2.75, 3.05) is 26.3 Å². The maximum absolute atomic E-state index is 5.72. The van der Waals surface area contributed by atoms with E-state index < -0.39 is 0 Å². The Morgan fingerprint density at radius 1 is 1.50 bits per heavy atom. The van der Waals surface area contributed by atoms with Crippen molar-refractivity contribution in [2.24, 2.45) is 0 Å². The second-order valence-electron chi connectivity index (χ2n) is 3.43. The molecule has 0 aliphatic heterocycles. The monoisotopic (exact) mass is 262 g/mol. The van der Waals surface area contributed by atoms with Crippen molar-refractivity contribution in [3.63, 3.8) is 0 Å². The molecule has 0 radical (unpaired) electrons. The van der Waals surface area contributed by atoms with Gasteiger partial charge in [0.2, 0.25) is 0 Å². The molecule has 0 fully saturated rings. The van der Waals surface area contributed by atoms with Gasteiger partial charge in [0.25, 0.3) is 0 Å². The van der Waals surface area contributed by atoms with E-state index in [1.165, 1.54) is 0 Å². The number of nitrogens with zero attached hydrogens (tertiary/aromatic N) is 2. The molecular formula is C11H19ClN2OS. The quantitative estimate of drug-likeness (QED) is 0.532. The largest absolute Gasteiger partial charge is 0.380 e. The number of halogens is 1. The van der Waals surface area contributed by atoms with Gasteiger partial charge in [-0.05, 0) is 13.5 Å². The molecule has 0 amide bonds. The first-order chi connectivity index (χ1) is 7.80. The molecule has 0 aliphatic carbocycles. The standard InChI is InChI=1S/C11H19ClN2OS/c1-3-14(5-6-15-4-2)8-11-13-10(7-12)9-16-11/h9H,3-8H2,1-2H3. The van der Waals surface area contributed by atoms with E-state index >= 15 is 0 Å². The summed E-state index contributed by atoms with van der Waals surface area (Å²) >= 11 is 7.40. The third-order valence-electron chi connectivity index (χ3n) is 2.30. The van der Waals surface area contributed by atoms with E-state index in [2.05, 4.69) is 16.8 Å². The second-order valence-corrected chi connectivity index (χ2v) is 4.64. The smallest absolute Gasteiger partial charge is 0.107 e. The first-order valence-electron chi connectivity index (χ1n) is 5.59. The molecule has 0 aliphatic rings. The van der Waals surface area contributed by atoms with Crippen molar-refractivity contribution in [1.29, 1.82) is 0 Å². The number of hydrogen-bond donors (Lipinski definition) is 0. The minimum atomic E-state index is 0.502. The van der Waals surface area contributed by atoms with Gasteiger partial charge in [-0.25, -0.2) is 4.98 Å². The van der Waals surface area contributed by atoms with Gasteiger partial charge in [-0.15, -0.1) is 22.9 Å². The minimum Gasteiger partial charge on any atom is -0.380 e. The molecule has 16 heavy (non-hydrogen) atoms. The number of rotatable bonds is 8. The number of thiazole rings is 1. The fourth-order valence-corrected chi connectivity index (χ4v) is 2.42. The molecule has 0 atom stereocenters. The first-order valence-corrected chi connectivity index (χ1v) is 7.00. The van der Waals surface area contributed by atoms with Crippen molar-refractivity contribution in [3.8, 4) is 0 Å². The first kappa shape index (κ1) is 13.9. The molecule has 1 aromatic rings.